The molecule has 1 aliphatic carbocycles. The molecule has 0 bridgehead atoms. The number of benzene rings is 1. The second-order valence-corrected chi connectivity index (χ2v) is 4.61. The summed E-state index contributed by atoms with van der Waals surface area (Å²) in [7, 11) is 0. The van der Waals surface area contributed by atoms with E-state index in [4.69, 9.17) is 0 Å². The summed E-state index contributed by atoms with van der Waals surface area (Å²) in [5.74, 6) is -0.101. The number of aromatic nitrogens is 2. The van der Waals surface area contributed by atoms with E-state index in [1.807, 2.05) is 30.3 Å². The van der Waals surface area contributed by atoms with E-state index in [9.17, 15) is 9.90 Å². The lowest BCUT2D eigenvalue weighted by molar-refractivity contribution is 0.0695. The lowest BCUT2D eigenvalue weighted by Gasteiger charge is -2.10. The quantitative estimate of drug-likeness (QED) is 0.832. The molecule has 18 heavy (non-hydrogen) atoms. The molecule has 1 N–H and O–H groups in total. The van der Waals surface area contributed by atoms with Gasteiger partial charge in [-0.3, -0.25) is 4.79 Å². The number of Topliss-reactive ketones (excluding diaryl/α,β-unsaturated/α-hetero) is 1. The molecule has 1 heterocycles. The Bertz CT molecular complexity index is 558. The minimum atomic E-state index is -0.885. The molecule has 0 aliphatic heterocycles. The van der Waals surface area contributed by atoms with Gasteiger partial charge in [0.1, 0.15) is 11.8 Å². The molecular weight excluding hydrogens is 228 g/mol. The normalized spacial score (nSPS) is 16.5. The van der Waals surface area contributed by atoms with Crippen LogP contribution in [0.15, 0.2) is 42.6 Å². The molecule has 0 saturated heterocycles. The molecule has 1 fully saturated rings. The minimum Gasteiger partial charge on any atom is -0.385 e. The standard InChI is InChI=1S/C14H14N2O2/c17-13(10-6-7-10)14(18)12-8-9-15-16(12)11-4-2-1-3-5-11/h1-5,8-10,13,17H,6-7H2. The van der Waals surface area contributed by atoms with Crippen molar-refractivity contribution in [3.05, 3.63) is 48.3 Å². The number of nitrogens with zero attached hydrogens (tertiary/aromatic N) is 2. The Kier molecular flexibility index (Phi) is 2.72. The molecule has 1 atom stereocenters. The van der Waals surface area contributed by atoms with Crippen LogP contribution in [0.4, 0.5) is 0 Å². The van der Waals surface area contributed by atoms with Gasteiger partial charge in [-0.1, -0.05) is 18.2 Å². The van der Waals surface area contributed by atoms with Crippen LogP contribution in [0.25, 0.3) is 5.69 Å². The molecule has 1 aromatic carbocycles. The summed E-state index contributed by atoms with van der Waals surface area (Å²) in [5.41, 5.74) is 1.27. The predicted molar refractivity (Wildman–Crippen MR) is 66.6 cm³/mol. The zero-order chi connectivity index (χ0) is 12.5. The second-order valence-electron chi connectivity index (χ2n) is 4.61. The topological polar surface area (TPSA) is 55.1 Å². The monoisotopic (exact) mass is 242 g/mol. The Labute approximate surface area is 105 Å². The molecule has 4 heteroatoms. The summed E-state index contributed by atoms with van der Waals surface area (Å²) >= 11 is 0. The van der Waals surface area contributed by atoms with Crippen LogP contribution in [0.1, 0.15) is 23.3 Å². The SMILES string of the molecule is O=C(c1ccnn1-c1ccccc1)C(O)C1CC1. The Morgan fingerprint density at radius 2 is 2.00 bits per heavy atom. The number of rotatable bonds is 4. The van der Waals surface area contributed by atoms with Crippen molar-refractivity contribution < 1.29 is 9.90 Å². The lowest BCUT2D eigenvalue weighted by atomic mass is 10.1. The van der Waals surface area contributed by atoms with E-state index in [2.05, 4.69) is 5.10 Å². The van der Waals surface area contributed by atoms with Gasteiger partial charge >= 0.3 is 0 Å². The van der Waals surface area contributed by atoms with Gasteiger partial charge in [0.15, 0.2) is 0 Å². The number of para-hydroxylation sites is 1. The third kappa shape index (κ3) is 1.95. The van der Waals surface area contributed by atoms with Crippen LogP contribution in [-0.2, 0) is 0 Å². The summed E-state index contributed by atoms with van der Waals surface area (Å²) in [6, 6.07) is 11.1. The molecule has 0 radical (unpaired) electrons. The number of aliphatic hydroxyl groups is 1. The molecule has 3 rings (SSSR count). The van der Waals surface area contributed by atoms with Crippen molar-refractivity contribution in [2.75, 3.05) is 0 Å². The number of hydrogen-bond donors (Lipinski definition) is 1. The zero-order valence-electron chi connectivity index (χ0n) is 9.86. The van der Waals surface area contributed by atoms with Crippen molar-refractivity contribution in [3.8, 4) is 5.69 Å². The molecule has 0 amide bonds. The van der Waals surface area contributed by atoms with Crippen LogP contribution in [0.3, 0.4) is 0 Å². The highest BCUT2D eigenvalue weighted by molar-refractivity contribution is 5.98. The number of aliphatic hydroxyl groups excluding tert-OH is 1. The van der Waals surface area contributed by atoms with Gasteiger partial charge in [0.2, 0.25) is 5.78 Å². The predicted octanol–water partition coefficient (Wildman–Crippen LogP) is 1.83. The van der Waals surface area contributed by atoms with Crippen LogP contribution in [0.2, 0.25) is 0 Å². The summed E-state index contributed by atoms with van der Waals surface area (Å²) < 4.78 is 1.58. The Morgan fingerprint density at radius 1 is 1.28 bits per heavy atom. The van der Waals surface area contributed by atoms with Gasteiger partial charge in [-0.2, -0.15) is 5.10 Å². The van der Waals surface area contributed by atoms with Crippen molar-refractivity contribution in [2.24, 2.45) is 5.92 Å². The minimum absolute atomic E-state index is 0.136. The van der Waals surface area contributed by atoms with Crippen LogP contribution < -0.4 is 0 Å². The number of ketones is 1. The summed E-state index contributed by atoms with van der Waals surface area (Å²) in [4.78, 5) is 12.2. The average molecular weight is 242 g/mol. The van der Waals surface area contributed by atoms with E-state index in [1.54, 1.807) is 16.9 Å². The van der Waals surface area contributed by atoms with E-state index in [0.29, 0.717) is 5.69 Å². The molecule has 92 valence electrons. The Hall–Kier alpha value is -1.94. The Balaban J connectivity index is 1.94. The van der Waals surface area contributed by atoms with Gasteiger partial charge in [-0.05, 0) is 37.0 Å². The highest BCUT2D eigenvalue weighted by Gasteiger charge is 2.36. The van der Waals surface area contributed by atoms with Gasteiger partial charge in [0.05, 0.1) is 11.9 Å². The van der Waals surface area contributed by atoms with Crippen LogP contribution in [-0.4, -0.2) is 26.8 Å². The zero-order valence-corrected chi connectivity index (χ0v) is 9.86. The first kappa shape index (κ1) is 11.2. The van der Waals surface area contributed by atoms with E-state index < -0.39 is 6.10 Å². The van der Waals surface area contributed by atoms with Crippen molar-refractivity contribution in [3.63, 3.8) is 0 Å². The van der Waals surface area contributed by atoms with E-state index in [1.165, 1.54) is 0 Å². The van der Waals surface area contributed by atoms with Crippen LogP contribution in [0, 0.1) is 5.92 Å². The highest BCUT2D eigenvalue weighted by atomic mass is 16.3. The van der Waals surface area contributed by atoms with E-state index in [0.717, 1.165) is 18.5 Å². The lowest BCUT2D eigenvalue weighted by Crippen LogP contribution is -2.25. The van der Waals surface area contributed by atoms with Crippen molar-refractivity contribution in [1.82, 2.24) is 9.78 Å². The molecule has 1 saturated carbocycles. The molecular formula is C14H14N2O2. The van der Waals surface area contributed by atoms with Gasteiger partial charge in [0, 0.05) is 0 Å². The number of carbonyl (C=O) groups is 1. The largest absolute Gasteiger partial charge is 0.385 e. The van der Waals surface area contributed by atoms with E-state index >= 15 is 0 Å². The maximum Gasteiger partial charge on any atom is 0.209 e. The first-order valence-corrected chi connectivity index (χ1v) is 6.09. The first-order chi connectivity index (χ1) is 8.77. The summed E-state index contributed by atoms with van der Waals surface area (Å²) in [6.45, 7) is 0. The number of hydrogen-bond acceptors (Lipinski definition) is 3. The smallest absolute Gasteiger partial charge is 0.209 e. The van der Waals surface area contributed by atoms with Gasteiger partial charge < -0.3 is 5.11 Å². The second kappa shape index (κ2) is 4.38. The maximum absolute atomic E-state index is 12.2. The average Bonchev–Trinajstić information content (AvgIpc) is 3.15. The van der Waals surface area contributed by atoms with Crippen LogP contribution in [0.5, 0.6) is 0 Å². The third-order valence-corrected chi connectivity index (χ3v) is 3.23. The van der Waals surface area contributed by atoms with Gasteiger partial charge in [0.25, 0.3) is 0 Å². The van der Waals surface area contributed by atoms with E-state index in [-0.39, 0.29) is 11.7 Å². The maximum atomic E-state index is 12.2. The molecule has 0 spiro atoms. The molecule has 1 aliphatic rings. The highest BCUT2D eigenvalue weighted by Crippen LogP contribution is 2.34. The summed E-state index contributed by atoms with van der Waals surface area (Å²) in [6.07, 6.45) is 2.57. The first-order valence-electron chi connectivity index (χ1n) is 6.09. The fourth-order valence-corrected chi connectivity index (χ4v) is 2.04. The third-order valence-electron chi connectivity index (χ3n) is 3.23. The number of carbonyl (C=O) groups excluding carboxylic acids is 1. The molecule has 1 aromatic heterocycles. The van der Waals surface area contributed by atoms with Gasteiger partial charge in [-0.25, -0.2) is 4.68 Å². The fraction of sp³-hybridized carbons (Fsp3) is 0.286. The summed E-state index contributed by atoms with van der Waals surface area (Å²) in [5, 5.41) is 14.1. The van der Waals surface area contributed by atoms with Crippen LogP contribution >= 0.6 is 0 Å². The molecule has 2 aromatic rings. The molecule has 4 nitrogen and oxygen atoms in total. The van der Waals surface area contributed by atoms with Crippen molar-refractivity contribution >= 4 is 5.78 Å². The van der Waals surface area contributed by atoms with Crippen molar-refractivity contribution in [2.45, 2.75) is 18.9 Å². The van der Waals surface area contributed by atoms with Crippen molar-refractivity contribution in [1.29, 1.82) is 0 Å². The fourth-order valence-electron chi connectivity index (χ4n) is 2.04. The molecule has 1 unspecified atom stereocenters. The van der Waals surface area contributed by atoms with Gasteiger partial charge in [-0.15, -0.1) is 0 Å². The Morgan fingerprint density at radius 3 is 2.67 bits per heavy atom.